The van der Waals surface area contributed by atoms with Gasteiger partial charge in [-0.25, -0.2) is 0 Å². The van der Waals surface area contributed by atoms with E-state index >= 15 is 0 Å². The van der Waals surface area contributed by atoms with Crippen molar-refractivity contribution in [1.82, 2.24) is 0 Å². The van der Waals surface area contributed by atoms with Gasteiger partial charge in [0.25, 0.3) is 0 Å². The van der Waals surface area contributed by atoms with E-state index in [0.29, 0.717) is 28.0 Å². The smallest absolute Gasteiger partial charge is 0.238 e. The van der Waals surface area contributed by atoms with Crippen molar-refractivity contribution < 1.29 is 19.0 Å². The standard InChI is InChI=1S/C18H18ClNO4S/c1-22-14-8-11(9-15(23-2)17(14)24-3)18-20(16(21)10-25-18)13-6-4-12(19)5-7-13/h4-9,18H,10H2,1-3H3/t18-/m0/s1. The number of ether oxygens (including phenoxy) is 3. The Morgan fingerprint density at radius 1 is 1.04 bits per heavy atom. The second-order valence-corrected chi connectivity index (χ2v) is 6.87. The first kappa shape index (κ1) is 17.8. The van der Waals surface area contributed by atoms with E-state index in [1.54, 1.807) is 50.1 Å². The molecule has 1 heterocycles. The van der Waals surface area contributed by atoms with Crippen molar-refractivity contribution in [1.29, 1.82) is 0 Å². The molecule has 0 bridgehead atoms. The third-order valence-corrected chi connectivity index (χ3v) is 5.41. The summed E-state index contributed by atoms with van der Waals surface area (Å²) in [5, 5.41) is 0.453. The van der Waals surface area contributed by atoms with E-state index in [1.165, 1.54) is 0 Å². The fourth-order valence-electron chi connectivity index (χ4n) is 2.80. The van der Waals surface area contributed by atoms with Crippen molar-refractivity contribution in [3.05, 3.63) is 47.0 Å². The molecule has 0 aromatic heterocycles. The zero-order chi connectivity index (χ0) is 18.0. The molecule has 0 aliphatic carbocycles. The first-order valence-corrected chi connectivity index (χ1v) is 9.01. The van der Waals surface area contributed by atoms with Crippen LogP contribution in [0.4, 0.5) is 5.69 Å². The molecule has 1 atom stereocenters. The van der Waals surface area contributed by atoms with Crippen LogP contribution in [0.25, 0.3) is 0 Å². The van der Waals surface area contributed by atoms with Crippen LogP contribution >= 0.6 is 23.4 Å². The molecule has 2 aromatic carbocycles. The van der Waals surface area contributed by atoms with Crippen molar-refractivity contribution in [3.8, 4) is 17.2 Å². The summed E-state index contributed by atoms with van der Waals surface area (Å²) < 4.78 is 16.2. The summed E-state index contributed by atoms with van der Waals surface area (Å²) in [6.45, 7) is 0. The molecule has 132 valence electrons. The molecule has 1 saturated heterocycles. The van der Waals surface area contributed by atoms with Gasteiger partial charge in [0.15, 0.2) is 11.5 Å². The summed E-state index contributed by atoms with van der Waals surface area (Å²) in [7, 11) is 4.71. The molecule has 5 nitrogen and oxygen atoms in total. The first-order valence-electron chi connectivity index (χ1n) is 7.58. The molecule has 2 aromatic rings. The van der Waals surface area contributed by atoms with Crippen LogP contribution in [0.3, 0.4) is 0 Å². The van der Waals surface area contributed by atoms with Gasteiger partial charge in [0.05, 0.1) is 27.1 Å². The number of amides is 1. The molecule has 1 aliphatic heterocycles. The average Bonchev–Trinajstić information content (AvgIpc) is 3.02. The van der Waals surface area contributed by atoms with E-state index < -0.39 is 0 Å². The van der Waals surface area contributed by atoms with E-state index in [0.717, 1.165) is 11.3 Å². The molecule has 1 aliphatic rings. The lowest BCUT2D eigenvalue weighted by atomic mass is 10.1. The summed E-state index contributed by atoms with van der Waals surface area (Å²) in [6, 6.07) is 11.0. The summed E-state index contributed by atoms with van der Waals surface area (Å²) in [5.41, 5.74) is 1.71. The average molecular weight is 380 g/mol. The van der Waals surface area contributed by atoms with Gasteiger partial charge in [0.2, 0.25) is 11.7 Å². The van der Waals surface area contributed by atoms with Crippen LogP contribution in [0.1, 0.15) is 10.9 Å². The van der Waals surface area contributed by atoms with Crippen molar-refractivity contribution >= 4 is 35.0 Å². The fourth-order valence-corrected chi connectivity index (χ4v) is 4.08. The topological polar surface area (TPSA) is 48.0 Å². The SMILES string of the molecule is COc1cc([C@@H]2SCC(=O)N2c2ccc(Cl)cc2)cc(OC)c1OC. The Morgan fingerprint density at radius 2 is 1.64 bits per heavy atom. The van der Waals surface area contributed by atoms with Gasteiger partial charge in [-0.05, 0) is 42.0 Å². The Morgan fingerprint density at radius 3 is 2.16 bits per heavy atom. The zero-order valence-electron chi connectivity index (χ0n) is 14.1. The number of anilines is 1. The van der Waals surface area contributed by atoms with Crippen molar-refractivity contribution in [2.45, 2.75) is 5.37 Å². The normalized spacial score (nSPS) is 16.9. The maximum Gasteiger partial charge on any atom is 0.238 e. The van der Waals surface area contributed by atoms with Crippen LogP contribution in [-0.4, -0.2) is 33.0 Å². The minimum Gasteiger partial charge on any atom is -0.493 e. The van der Waals surface area contributed by atoms with Crippen molar-refractivity contribution in [2.24, 2.45) is 0 Å². The van der Waals surface area contributed by atoms with Crippen LogP contribution in [0.15, 0.2) is 36.4 Å². The van der Waals surface area contributed by atoms with Gasteiger partial charge >= 0.3 is 0 Å². The lowest BCUT2D eigenvalue weighted by molar-refractivity contribution is -0.115. The Bertz CT molecular complexity index is 756. The quantitative estimate of drug-likeness (QED) is 0.781. The molecule has 0 N–H and O–H groups in total. The van der Waals surface area contributed by atoms with Gasteiger partial charge in [-0.2, -0.15) is 0 Å². The predicted molar refractivity (Wildman–Crippen MR) is 100 cm³/mol. The number of carbonyl (C=O) groups is 1. The number of benzene rings is 2. The highest BCUT2D eigenvalue weighted by Gasteiger charge is 2.35. The van der Waals surface area contributed by atoms with E-state index in [2.05, 4.69) is 0 Å². The number of rotatable bonds is 5. The molecule has 7 heteroatoms. The Kier molecular flexibility index (Phi) is 5.30. The molecular formula is C18H18ClNO4S. The summed E-state index contributed by atoms with van der Waals surface area (Å²) in [5.74, 6) is 2.11. The van der Waals surface area contributed by atoms with Crippen molar-refractivity contribution in [2.75, 3.05) is 32.0 Å². The number of thioether (sulfide) groups is 1. The van der Waals surface area contributed by atoms with Crippen LogP contribution in [0.5, 0.6) is 17.2 Å². The predicted octanol–water partition coefficient (Wildman–Crippen LogP) is 4.14. The van der Waals surface area contributed by atoms with E-state index in [9.17, 15) is 4.79 Å². The minimum absolute atomic E-state index is 0.0473. The molecule has 25 heavy (non-hydrogen) atoms. The van der Waals surface area contributed by atoms with E-state index in [4.69, 9.17) is 25.8 Å². The molecule has 1 amide bonds. The molecular weight excluding hydrogens is 362 g/mol. The minimum atomic E-state index is -0.178. The van der Waals surface area contributed by atoms with Gasteiger partial charge in [-0.15, -0.1) is 11.8 Å². The second kappa shape index (κ2) is 7.45. The first-order chi connectivity index (χ1) is 12.1. The maximum absolute atomic E-state index is 12.5. The van der Waals surface area contributed by atoms with Gasteiger partial charge < -0.3 is 14.2 Å². The molecule has 0 spiro atoms. The highest BCUT2D eigenvalue weighted by molar-refractivity contribution is 8.00. The summed E-state index contributed by atoms with van der Waals surface area (Å²) in [6.07, 6.45) is 0. The molecule has 0 saturated carbocycles. The lowest BCUT2D eigenvalue weighted by Gasteiger charge is -2.25. The van der Waals surface area contributed by atoms with Crippen LogP contribution in [0, 0.1) is 0 Å². The number of halogens is 1. The van der Waals surface area contributed by atoms with Crippen LogP contribution < -0.4 is 19.1 Å². The van der Waals surface area contributed by atoms with Gasteiger partial charge in [-0.3, -0.25) is 9.69 Å². The summed E-state index contributed by atoms with van der Waals surface area (Å²) >= 11 is 7.52. The number of hydrogen-bond donors (Lipinski definition) is 0. The zero-order valence-corrected chi connectivity index (χ0v) is 15.7. The number of nitrogens with zero attached hydrogens (tertiary/aromatic N) is 1. The van der Waals surface area contributed by atoms with Crippen LogP contribution in [-0.2, 0) is 4.79 Å². The Labute approximate surface area is 155 Å². The molecule has 0 unspecified atom stereocenters. The van der Waals surface area contributed by atoms with Crippen molar-refractivity contribution in [3.63, 3.8) is 0 Å². The molecule has 0 radical (unpaired) electrons. The van der Waals surface area contributed by atoms with Gasteiger partial charge in [-0.1, -0.05) is 11.6 Å². The van der Waals surface area contributed by atoms with Crippen LogP contribution in [0.2, 0.25) is 5.02 Å². The number of hydrogen-bond acceptors (Lipinski definition) is 5. The summed E-state index contributed by atoms with van der Waals surface area (Å²) in [4.78, 5) is 14.2. The Balaban J connectivity index is 2.05. The fraction of sp³-hybridized carbons (Fsp3) is 0.278. The maximum atomic E-state index is 12.5. The van der Waals surface area contributed by atoms with E-state index in [1.807, 2.05) is 24.3 Å². The lowest BCUT2D eigenvalue weighted by Crippen LogP contribution is -2.27. The number of methoxy groups -OCH3 is 3. The second-order valence-electron chi connectivity index (χ2n) is 5.36. The monoisotopic (exact) mass is 379 g/mol. The largest absolute Gasteiger partial charge is 0.493 e. The molecule has 3 rings (SSSR count). The Hall–Kier alpha value is -2.05. The van der Waals surface area contributed by atoms with Gasteiger partial charge in [0, 0.05) is 10.7 Å². The van der Waals surface area contributed by atoms with Gasteiger partial charge in [0.1, 0.15) is 5.37 Å². The number of carbonyl (C=O) groups excluding carboxylic acids is 1. The van der Waals surface area contributed by atoms with E-state index in [-0.39, 0.29) is 11.3 Å². The highest BCUT2D eigenvalue weighted by atomic mass is 35.5. The highest BCUT2D eigenvalue weighted by Crippen LogP contribution is 2.47. The molecule has 1 fully saturated rings. The third-order valence-electron chi connectivity index (χ3n) is 3.94. The third kappa shape index (κ3) is 3.37.